The van der Waals surface area contributed by atoms with E-state index in [1.54, 1.807) is 68.9 Å². The van der Waals surface area contributed by atoms with Gasteiger partial charge in [0.25, 0.3) is 0 Å². The topological polar surface area (TPSA) is 212 Å². The molecule has 1 spiro atoms. The molecule has 1 saturated heterocycles. The molecule has 2 aliphatic heterocycles. The zero-order valence-electron chi connectivity index (χ0n) is 46.2. The van der Waals surface area contributed by atoms with Gasteiger partial charge in [-0.15, -0.1) is 0 Å². The standard InChI is InChI=1S/C66H77N3O8S4/c1-64(75)21-5-9-49-52-28-42-6-2-3-8-48(42)56(34-70)57(49)37-80-81-39-66(76)38-65(22-17-44(52)32-64)23-18-47(71)14-11-40-13-16-60(73)62(27-40)77-25-20-41-12-15-59(72)55(26-41)54-31-61(74)50-19-24-69-58(50)10-4-7-43-29-53(63(67)68)45(30-51(43)54)35-78-79-36-46(66)33-65/h2-3,6,8,12-13,15-16,18-19,23-24,26-27,29-30,44,46,49,52,54,56-57,63,69-70,72-73,75-76H,5,9-11,14,17,20-22,25,28,31-39,67-68H2,1H3. The van der Waals surface area contributed by atoms with Crippen LogP contribution in [0.5, 0.6) is 17.2 Å². The predicted molar refractivity (Wildman–Crippen MR) is 329 cm³/mol. The maximum atomic E-state index is 14.4. The third kappa shape index (κ3) is 12.9. The minimum atomic E-state index is -1.07. The Bertz CT molecular complexity index is 3220. The van der Waals surface area contributed by atoms with Crippen LogP contribution in [0.2, 0.25) is 0 Å². The number of aliphatic hydroxyl groups excluding tert-OH is 1. The van der Waals surface area contributed by atoms with Gasteiger partial charge in [0.15, 0.2) is 23.1 Å². The molecule has 428 valence electrons. The number of nitrogens with two attached hydrogens (primary N) is 2. The Morgan fingerprint density at radius 2 is 1.62 bits per heavy atom. The molecular formula is C66H77N3O8S4. The van der Waals surface area contributed by atoms with Crippen LogP contribution < -0.4 is 16.2 Å². The molecule has 10 unspecified atom stereocenters. The smallest absolute Gasteiger partial charge is 0.165 e. The molecular weight excluding hydrogens is 1090 g/mol. The number of aromatic amines is 1. The van der Waals surface area contributed by atoms with E-state index < -0.39 is 28.7 Å². The summed E-state index contributed by atoms with van der Waals surface area (Å²) in [4.78, 5) is 31.9. The van der Waals surface area contributed by atoms with Crippen LogP contribution in [0.3, 0.4) is 0 Å². The first kappa shape index (κ1) is 58.2. The Hall–Kier alpha value is -4.60. The fourth-order valence-electron chi connectivity index (χ4n) is 14.9. The summed E-state index contributed by atoms with van der Waals surface area (Å²) < 4.78 is 6.25. The molecule has 10 N–H and O–H groups in total. The average Bonchev–Trinajstić information content (AvgIpc) is 4.07. The van der Waals surface area contributed by atoms with E-state index in [-0.39, 0.29) is 78.7 Å². The van der Waals surface area contributed by atoms with E-state index in [0.29, 0.717) is 84.1 Å². The Morgan fingerprint density at radius 1 is 0.802 bits per heavy atom. The Morgan fingerprint density at radius 3 is 2.46 bits per heavy atom. The molecule has 3 fully saturated rings. The SMILES string of the molecule is CC1(O)CCCC2C3Cc4ccccc4C(CO)C2CSSCC2(O)CC4(C=CC(=O)CCc5ccc(O)c(c5)OCCc5ccc(O)c(c5)C5CC(=O)c6cc[nH]c6CC#Cc6cc(C(N)N)c(cc65)CSSCC2C4)CCC3C1. The van der Waals surface area contributed by atoms with Crippen LogP contribution in [0.1, 0.15) is 155 Å². The first-order valence-electron chi connectivity index (χ1n) is 29.1. The molecule has 5 aromatic rings. The maximum absolute atomic E-state index is 14.4. The number of carbonyl (C=O) groups is 2. The number of aryl methyl sites for hydroxylation is 1. The van der Waals surface area contributed by atoms with E-state index in [2.05, 4.69) is 53.2 Å². The van der Waals surface area contributed by atoms with E-state index in [0.717, 1.165) is 77.8 Å². The van der Waals surface area contributed by atoms with Crippen LogP contribution in [-0.4, -0.2) is 83.8 Å². The number of H-pyrrole nitrogens is 1. The molecule has 6 aliphatic rings. The number of phenols is 2. The number of rotatable bonds is 2. The molecule has 10 atom stereocenters. The molecule has 0 amide bonds. The number of hydrogen-bond acceptors (Lipinski definition) is 14. The largest absolute Gasteiger partial charge is 0.508 e. The number of carbonyl (C=O) groups excluding carboxylic acids is 2. The number of nitrogens with one attached hydrogen (secondary N) is 1. The van der Waals surface area contributed by atoms with Crippen LogP contribution in [-0.2, 0) is 36.2 Å². The number of allylic oxidation sites excluding steroid dienone is 2. The molecule has 13 bridgehead atoms. The van der Waals surface area contributed by atoms with Crippen LogP contribution in [0.4, 0.5) is 0 Å². The van der Waals surface area contributed by atoms with Crippen LogP contribution in [0.25, 0.3) is 0 Å². The van der Waals surface area contributed by atoms with Gasteiger partial charge >= 0.3 is 0 Å². The second-order valence-electron chi connectivity index (χ2n) is 24.5. The van der Waals surface area contributed by atoms with E-state index in [9.17, 15) is 35.1 Å². The summed E-state index contributed by atoms with van der Waals surface area (Å²) in [6.45, 7) is 2.30. The second-order valence-corrected chi connectivity index (χ2v) is 29.5. The highest BCUT2D eigenvalue weighted by molar-refractivity contribution is 8.77. The summed E-state index contributed by atoms with van der Waals surface area (Å²) in [5.41, 5.74) is 20.1. The average molecular weight is 1170 g/mol. The third-order valence-electron chi connectivity index (χ3n) is 19.1. The maximum Gasteiger partial charge on any atom is 0.165 e. The van der Waals surface area contributed by atoms with E-state index in [1.165, 1.54) is 11.1 Å². The van der Waals surface area contributed by atoms with Gasteiger partial charge in [0.2, 0.25) is 0 Å². The number of aromatic nitrogens is 1. The van der Waals surface area contributed by atoms with Gasteiger partial charge in [-0.1, -0.05) is 116 Å². The van der Waals surface area contributed by atoms with Crippen LogP contribution in [0, 0.1) is 46.8 Å². The number of benzene rings is 4. The van der Waals surface area contributed by atoms with Gasteiger partial charge in [-0.2, -0.15) is 0 Å². The molecule has 3 heterocycles. The van der Waals surface area contributed by atoms with E-state index in [1.807, 2.05) is 42.0 Å². The zero-order valence-corrected chi connectivity index (χ0v) is 49.5. The summed E-state index contributed by atoms with van der Waals surface area (Å²) >= 11 is 0. The van der Waals surface area contributed by atoms with Crippen molar-refractivity contribution in [3.05, 3.63) is 159 Å². The van der Waals surface area contributed by atoms with Crippen molar-refractivity contribution >= 4 is 54.7 Å². The minimum Gasteiger partial charge on any atom is -0.508 e. The van der Waals surface area contributed by atoms with Gasteiger partial charge < -0.3 is 46.7 Å². The van der Waals surface area contributed by atoms with Crippen molar-refractivity contribution in [2.75, 3.05) is 30.5 Å². The molecule has 15 heteroatoms. The number of hydrogen-bond donors (Lipinski definition) is 8. The summed E-state index contributed by atoms with van der Waals surface area (Å²) in [6, 6.07) is 25.2. The van der Waals surface area contributed by atoms with Crippen molar-refractivity contribution in [2.24, 2.45) is 46.5 Å². The number of fused-ring (bicyclic) bond motifs is 11. The van der Waals surface area contributed by atoms with Crippen LogP contribution >= 0.6 is 43.2 Å². The molecule has 11 rings (SSSR count). The lowest BCUT2D eigenvalue weighted by molar-refractivity contribution is -0.114. The van der Waals surface area contributed by atoms with Gasteiger partial charge in [-0.3, -0.25) is 9.59 Å². The molecule has 2 saturated carbocycles. The summed E-state index contributed by atoms with van der Waals surface area (Å²) in [7, 11) is 6.97. The number of aromatic hydroxyl groups is 2. The van der Waals surface area contributed by atoms with Crippen LogP contribution in [0.15, 0.2) is 97.2 Å². The van der Waals surface area contributed by atoms with Gasteiger partial charge in [0, 0.05) is 82.7 Å². The first-order valence-corrected chi connectivity index (χ1v) is 34.0. The fraction of sp³-hybridized carbons (Fsp3) is 0.485. The lowest BCUT2D eigenvalue weighted by Gasteiger charge is -2.44. The van der Waals surface area contributed by atoms with Crippen molar-refractivity contribution in [1.82, 2.24) is 4.98 Å². The Balaban J connectivity index is 0.970. The molecule has 4 aliphatic carbocycles. The summed E-state index contributed by atoms with van der Waals surface area (Å²) in [5, 5.41) is 59.5. The lowest BCUT2D eigenvalue weighted by Crippen LogP contribution is -2.40. The van der Waals surface area contributed by atoms with Gasteiger partial charge in [0.1, 0.15) is 5.75 Å². The molecule has 0 radical (unpaired) electrons. The predicted octanol–water partition coefficient (Wildman–Crippen LogP) is 11.7. The highest BCUT2D eigenvalue weighted by Crippen LogP contribution is 2.58. The van der Waals surface area contributed by atoms with Crippen molar-refractivity contribution < 1.29 is 39.9 Å². The molecule has 11 nitrogen and oxygen atoms in total. The summed E-state index contributed by atoms with van der Waals surface area (Å²) in [6.07, 6.45) is 13.4. The van der Waals surface area contributed by atoms with Gasteiger partial charge in [0.05, 0.1) is 37.0 Å². The zero-order chi connectivity index (χ0) is 56.5. The normalized spacial score (nSPS) is 30.3. The number of ether oxygens (including phenoxy) is 1. The fourth-order valence-corrected chi connectivity index (χ4v) is 20.4. The molecule has 4 aromatic carbocycles. The quantitative estimate of drug-likeness (QED) is 0.0470. The number of aliphatic hydroxyl groups is 3. The Kier molecular flexibility index (Phi) is 17.9. The highest BCUT2D eigenvalue weighted by atomic mass is 33.1. The van der Waals surface area contributed by atoms with Crippen molar-refractivity contribution in [3.8, 4) is 29.1 Å². The highest BCUT2D eigenvalue weighted by Gasteiger charge is 2.54. The minimum absolute atomic E-state index is 0.00199. The van der Waals surface area contributed by atoms with Crippen molar-refractivity contribution in [2.45, 2.75) is 132 Å². The monoisotopic (exact) mass is 1170 g/mol. The summed E-state index contributed by atoms with van der Waals surface area (Å²) in [5.74, 6) is 9.83. The van der Waals surface area contributed by atoms with Gasteiger partial charge in [-0.25, -0.2) is 0 Å². The Labute approximate surface area is 492 Å². The second kappa shape index (κ2) is 24.9. The first-order chi connectivity index (χ1) is 39.1. The van der Waals surface area contributed by atoms with E-state index >= 15 is 0 Å². The van der Waals surface area contributed by atoms with Gasteiger partial charge in [-0.05, 0) is 175 Å². The lowest BCUT2D eigenvalue weighted by atomic mass is 9.63. The number of ketones is 2. The number of Topliss-reactive ketones (excluding diaryl/α,β-unsaturated/α-hetero) is 1. The third-order valence-corrected chi connectivity index (χ3v) is 24.0. The van der Waals surface area contributed by atoms with Crippen molar-refractivity contribution in [1.29, 1.82) is 0 Å². The number of phenolic OH excluding ortho intramolecular Hbond substituents is 2. The molecule has 81 heavy (non-hydrogen) atoms. The molecule has 1 aromatic heterocycles. The van der Waals surface area contributed by atoms with E-state index in [4.69, 9.17) is 16.2 Å². The van der Waals surface area contributed by atoms with Crippen molar-refractivity contribution in [3.63, 3.8) is 0 Å².